The quantitative estimate of drug-likeness (QED) is 0.845. The molecule has 1 aromatic rings. The zero-order valence-corrected chi connectivity index (χ0v) is 13.2. The zero-order valence-electron chi connectivity index (χ0n) is 12.5. The molecule has 1 aromatic carbocycles. The Kier molecular flexibility index (Phi) is 4.50. The molecule has 1 unspecified atom stereocenters. The average Bonchev–Trinajstić information content (AvgIpc) is 2.91. The van der Waals surface area contributed by atoms with Crippen molar-refractivity contribution >= 4 is 0 Å². The molecule has 1 aliphatic heterocycles. The maximum Gasteiger partial charge on any atom is 0.161 e. The van der Waals surface area contributed by atoms with Crippen molar-refractivity contribution in [2.45, 2.75) is 44.1 Å². The minimum atomic E-state index is 0. The van der Waals surface area contributed by atoms with E-state index in [1.165, 1.54) is 36.8 Å². The third kappa shape index (κ3) is 2.27. The molecule has 1 N–H and O–H groups in total. The van der Waals surface area contributed by atoms with Gasteiger partial charge in [-0.05, 0) is 43.0 Å². The van der Waals surface area contributed by atoms with Gasteiger partial charge in [0.15, 0.2) is 11.5 Å². The van der Waals surface area contributed by atoms with Crippen LogP contribution >= 0.6 is 0 Å². The van der Waals surface area contributed by atoms with Gasteiger partial charge in [-0.2, -0.15) is 0 Å². The zero-order chi connectivity index (χ0) is 13.5. The standard InChI is InChI=1S/C16H23NO2.ClH/c1-11-12-8-14(18-2)15(19-3)9-13(12)16(10-17-11)6-4-5-7-16;/h8-9,11,17H,4-7,10H2,1-3H3;1H/p-1. The number of ether oxygens (including phenoxy) is 2. The summed E-state index contributed by atoms with van der Waals surface area (Å²) in [7, 11) is 3.42. The Bertz CT molecular complexity index is 484. The first kappa shape index (κ1) is 15.5. The molecule has 1 heterocycles. The van der Waals surface area contributed by atoms with Crippen LogP contribution in [0.2, 0.25) is 0 Å². The van der Waals surface area contributed by atoms with Crippen molar-refractivity contribution in [1.29, 1.82) is 0 Å². The molecule has 1 spiro atoms. The predicted octanol–water partition coefficient (Wildman–Crippen LogP) is 0.184. The number of fused-ring (bicyclic) bond motifs is 2. The Labute approximate surface area is 127 Å². The Balaban J connectivity index is 0.00000147. The molecule has 1 aliphatic carbocycles. The first-order valence-corrected chi connectivity index (χ1v) is 7.20. The molecule has 0 bridgehead atoms. The summed E-state index contributed by atoms with van der Waals surface area (Å²) in [5, 5.41) is 3.66. The largest absolute Gasteiger partial charge is 1.00 e. The van der Waals surface area contributed by atoms with Gasteiger partial charge in [0.05, 0.1) is 14.2 Å². The SMILES string of the molecule is COc1cc2c(cc1OC)C1(CCCC1)CNC2C.[Cl-]. The average molecular weight is 297 g/mol. The summed E-state index contributed by atoms with van der Waals surface area (Å²) < 4.78 is 10.9. The molecule has 20 heavy (non-hydrogen) atoms. The second kappa shape index (κ2) is 5.82. The number of hydrogen-bond acceptors (Lipinski definition) is 3. The van der Waals surface area contributed by atoms with Crippen LogP contribution in [0.15, 0.2) is 12.1 Å². The van der Waals surface area contributed by atoms with Gasteiger partial charge in [0, 0.05) is 18.0 Å². The van der Waals surface area contributed by atoms with Crippen LogP contribution in [0.4, 0.5) is 0 Å². The molecule has 0 radical (unpaired) electrons. The Morgan fingerprint density at radius 2 is 1.70 bits per heavy atom. The van der Waals surface area contributed by atoms with Crippen LogP contribution in [0.1, 0.15) is 49.8 Å². The number of methoxy groups -OCH3 is 2. The Hall–Kier alpha value is -0.930. The van der Waals surface area contributed by atoms with Gasteiger partial charge in [0.2, 0.25) is 0 Å². The van der Waals surface area contributed by atoms with Crippen LogP contribution in [-0.2, 0) is 5.41 Å². The number of benzene rings is 1. The first-order chi connectivity index (χ1) is 9.20. The van der Waals surface area contributed by atoms with Crippen LogP contribution in [0.5, 0.6) is 11.5 Å². The smallest absolute Gasteiger partial charge is 0.161 e. The highest BCUT2D eigenvalue weighted by Gasteiger charge is 2.41. The lowest BCUT2D eigenvalue weighted by Gasteiger charge is -2.40. The molecule has 0 aromatic heterocycles. The van der Waals surface area contributed by atoms with Crippen LogP contribution in [-0.4, -0.2) is 20.8 Å². The Morgan fingerprint density at radius 3 is 2.30 bits per heavy atom. The number of hydrogen-bond donors (Lipinski definition) is 1. The molecule has 1 saturated carbocycles. The van der Waals surface area contributed by atoms with Gasteiger partial charge in [0.1, 0.15) is 0 Å². The van der Waals surface area contributed by atoms with E-state index in [-0.39, 0.29) is 12.4 Å². The van der Waals surface area contributed by atoms with Crippen LogP contribution in [0.25, 0.3) is 0 Å². The first-order valence-electron chi connectivity index (χ1n) is 7.20. The summed E-state index contributed by atoms with van der Waals surface area (Å²) in [5.41, 5.74) is 3.18. The lowest BCUT2D eigenvalue weighted by Crippen LogP contribution is -3.00. The summed E-state index contributed by atoms with van der Waals surface area (Å²) in [6, 6.07) is 4.77. The number of nitrogens with one attached hydrogen (secondary N) is 1. The van der Waals surface area contributed by atoms with E-state index >= 15 is 0 Å². The fourth-order valence-electron chi connectivity index (χ4n) is 3.76. The molecule has 0 saturated heterocycles. The van der Waals surface area contributed by atoms with Crippen molar-refractivity contribution in [3.63, 3.8) is 0 Å². The fraction of sp³-hybridized carbons (Fsp3) is 0.625. The van der Waals surface area contributed by atoms with Gasteiger partial charge in [-0.25, -0.2) is 0 Å². The van der Waals surface area contributed by atoms with E-state index in [0.29, 0.717) is 11.5 Å². The van der Waals surface area contributed by atoms with E-state index in [9.17, 15) is 0 Å². The van der Waals surface area contributed by atoms with E-state index in [1.54, 1.807) is 14.2 Å². The molecular formula is C16H23ClNO2-. The van der Waals surface area contributed by atoms with E-state index in [1.807, 2.05) is 0 Å². The molecule has 3 rings (SSSR count). The van der Waals surface area contributed by atoms with E-state index in [4.69, 9.17) is 9.47 Å². The van der Waals surface area contributed by atoms with Gasteiger partial charge in [-0.15, -0.1) is 0 Å². The highest BCUT2D eigenvalue weighted by atomic mass is 35.5. The second-order valence-electron chi connectivity index (χ2n) is 5.88. The van der Waals surface area contributed by atoms with Crippen molar-refractivity contribution in [3.8, 4) is 11.5 Å². The monoisotopic (exact) mass is 296 g/mol. The third-order valence-corrected chi connectivity index (χ3v) is 4.90. The predicted molar refractivity (Wildman–Crippen MR) is 76.1 cm³/mol. The molecule has 3 nitrogen and oxygen atoms in total. The van der Waals surface area contributed by atoms with E-state index in [2.05, 4.69) is 24.4 Å². The number of halogens is 1. The molecule has 0 amide bonds. The van der Waals surface area contributed by atoms with Crippen molar-refractivity contribution in [1.82, 2.24) is 5.32 Å². The van der Waals surface area contributed by atoms with Gasteiger partial charge in [-0.1, -0.05) is 12.8 Å². The van der Waals surface area contributed by atoms with Crippen molar-refractivity contribution in [2.75, 3.05) is 20.8 Å². The molecule has 4 heteroatoms. The summed E-state index contributed by atoms with van der Waals surface area (Å²) in [5.74, 6) is 1.70. The molecule has 112 valence electrons. The highest BCUT2D eigenvalue weighted by molar-refractivity contribution is 5.52. The lowest BCUT2D eigenvalue weighted by atomic mass is 9.72. The van der Waals surface area contributed by atoms with Crippen molar-refractivity contribution in [3.05, 3.63) is 23.3 Å². The van der Waals surface area contributed by atoms with Crippen molar-refractivity contribution in [2.24, 2.45) is 0 Å². The maximum absolute atomic E-state index is 5.49. The summed E-state index contributed by atoms with van der Waals surface area (Å²) in [4.78, 5) is 0. The van der Waals surface area contributed by atoms with Crippen LogP contribution in [0, 0.1) is 0 Å². The minimum Gasteiger partial charge on any atom is -1.00 e. The summed E-state index contributed by atoms with van der Waals surface area (Å²) in [6.45, 7) is 3.32. The second-order valence-corrected chi connectivity index (χ2v) is 5.88. The van der Waals surface area contributed by atoms with Crippen molar-refractivity contribution < 1.29 is 21.9 Å². The van der Waals surface area contributed by atoms with Gasteiger partial charge >= 0.3 is 0 Å². The Morgan fingerprint density at radius 1 is 1.10 bits per heavy atom. The fourth-order valence-corrected chi connectivity index (χ4v) is 3.76. The molecule has 1 fully saturated rings. The van der Waals surface area contributed by atoms with E-state index < -0.39 is 0 Å². The van der Waals surface area contributed by atoms with Crippen LogP contribution < -0.4 is 27.2 Å². The highest BCUT2D eigenvalue weighted by Crippen LogP contribution is 2.48. The lowest BCUT2D eigenvalue weighted by molar-refractivity contribution is -0.00000460. The number of rotatable bonds is 2. The molecular weight excluding hydrogens is 274 g/mol. The maximum atomic E-state index is 5.49. The van der Waals surface area contributed by atoms with Crippen LogP contribution in [0.3, 0.4) is 0 Å². The summed E-state index contributed by atoms with van der Waals surface area (Å²) in [6.07, 6.45) is 5.25. The normalized spacial score (nSPS) is 23.1. The van der Waals surface area contributed by atoms with Gasteiger partial charge in [-0.3, -0.25) is 0 Å². The summed E-state index contributed by atoms with van der Waals surface area (Å²) >= 11 is 0. The topological polar surface area (TPSA) is 30.5 Å². The third-order valence-electron chi connectivity index (χ3n) is 4.90. The van der Waals surface area contributed by atoms with Gasteiger partial charge < -0.3 is 27.2 Å². The van der Waals surface area contributed by atoms with Gasteiger partial charge in [0.25, 0.3) is 0 Å². The van der Waals surface area contributed by atoms with E-state index in [0.717, 1.165) is 18.0 Å². The molecule has 1 atom stereocenters. The molecule has 2 aliphatic rings. The minimum absolute atomic E-state index is 0.